The summed E-state index contributed by atoms with van der Waals surface area (Å²) in [4.78, 5) is 23.4. The van der Waals surface area contributed by atoms with E-state index in [2.05, 4.69) is 0 Å². The van der Waals surface area contributed by atoms with Gasteiger partial charge >= 0.3 is 11.9 Å². The molecule has 0 N–H and O–H groups in total. The van der Waals surface area contributed by atoms with Crippen molar-refractivity contribution in [2.45, 2.75) is 30.8 Å². The van der Waals surface area contributed by atoms with Gasteiger partial charge in [-0.05, 0) is 12.8 Å². The highest BCUT2D eigenvalue weighted by Gasteiger charge is 2.72. The molecule has 0 aromatic carbocycles. The van der Waals surface area contributed by atoms with Gasteiger partial charge in [0.2, 0.25) is 0 Å². The molecule has 0 aromatic heterocycles. The zero-order valence-electron chi connectivity index (χ0n) is 9.09. The summed E-state index contributed by atoms with van der Waals surface area (Å²) >= 11 is 0. The molecule has 0 radical (unpaired) electrons. The second-order valence-corrected chi connectivity index (χ2v) is 4.97. The molecular formula is C11H12O6. The maximum atomic E-state index is 11.8. The molecule has 0 aromatic rings. The number of carbonyl (C=O) groups is 2. The van der Waals surface area contributed by atoms with Crippen LogP contribution in [0, 0.1) is 11.8 Å². The lowest BCUT2D eigenvalue weighted by atomic mass is 9.72. The number of ether oxygens (including phenoxy) is 4. The second kappa shape index (κ2) is 3.07. The molecule has 0 amide bonds. The predicted molar refractivity (Wildman–Crippen MR) is 50.6 cm³/mol. The lowest BCUT2D eigenvalue weighted by molar-refractivity contribution is -0.199. The molecule has 0 unspecified atom stereocenters. The Balaban J connectivity index is 1.76. The molecule has 0 spiro atoms. The number of esters is 2. The van der Waals surface area contributed by atoms with Gasteiger partial charge in [0.25, 0.3) is 0 Å². The van der Waals surface area contributed by atoms with E-state index >= 15 is 0 Å². The number of carbonyl (C=O) groups excluding carboxylic acids is 2. The van der Waals surface area contributed by atoms with Gasteiger partial charge in [0.1, 0.15) is 11.5 Å². The van der Waals surface area contributed by atoms with Crippen molar-refractivity contribution < 1.29 is 28.5 Å². The smallest absolute Gasteiger partial charge is 0.320 e. The molecule has 6 heteroatoms. The lowest BCUT2D eigenvalue weighted by Crippen LogP contribution is -2.49. The van der Waals surface area contributed by atoms with Crippen LogP contribution in [-0.2, 0) is 28.5 Å². The van der Waals surface area contributed by atoms with E-state index in [1.807, 2.05) is 0 Å². The first kappa shape index (κ1) is 9.99. The summed E-state index contributed by atoms with van der Waals surface area (Å²) < 4.78 is 21.6. The Labute approximate surface area is 97.1 Å². The van der Waals surface area contributed by atoms with E-state index in [-0.39, 0.29) is 6.10 Å². The fourth-order valence-corrected chi connectivity index (χ4v) is 3.59. The Morgan fingerprint density at radius 3 is 2.65 bits per heavy atom. The quantitative estimate of drug-likeness (QED) is 0.459. The minimum Gasteiger partial charge on any atom is -0.393 e. The zero-order chi connectivity index (χ0) is 11.6. The van der Waals surface area contributed by atoms with E-state index in [1.165, 1.54) is 0 Å². The van der Waals surface area contributed by atoms with Crippen molar-refractivity contribution in [1.82, 2.24) is 0 Å². The summed E-state index contributed by atoms with van der Waals surface area (Å²) in [5.74, 6) is -1.94. The van der Waals surface area contributed by atoms with Crippen LogP contribution < -0.4 is 0 Å². The van der Waals surface area contributed by atoms with Gasteiger partial charge in [-0.25, -0.2) is 0 Å². The molecule has 4 saturated heterocycles. The minimum absolute atomic E-state index is 0.216. The third kappa shape index (κ3) is 1.06. The second-order valence-electron chi connectivity index (χ2n) is 4.97. The molecule has 4 aliphatic heterocycles. The molecule has 17 heavy (non-hydrogen) atoms. The summed E-state index contributed by atoms with van der Waals surface area (Å²) in [5, 5.41) is 0. The predicted octanol–water partition coefficient (Wildman–Crippen LogP) is -0.394. The minimum atomic E-state index is -0.797. The Morgan fingerprint density at radius 2 is 1.88 bits per heavy atom. The van der Waals surface area contributed by atoms with Crippen LogP contribution in [0.25, 0.3) is 0 Å². The van der Waals surface area contributed by atoms with Crippen LogP contribution in [0.15, 0.2) is 0 Å². The monoisotopic (exact) mass is 240 g/mol. The van der Waals surface area contributed by atoms with Gasteiger partial charge in [0, 0.05) is 0 Å². The molecule has 4 atom stereocenters. The lowest BCUT2D eigenvalue weighted by Gasteiger charge is -2.33. The Morgan fingerprint density at radius 1 is 1.12 bits per heavy atom. The topological polar surface area (TPSA) is 71.1 Å². The average molecular weight is 240 g/mol. The van der Waals surface area contributed by atoms with Crippen molar-refractivity contribution in [2.24, 2.45) is 11.8 Å². The molecule has 6 nitrogen and oxygen atoms in total. The molecule has 4 aliphatic rings. The normalized spacial score (nSPS) is 48.8. The van der Waals surface area contributed by atoms with Gasteiger partial charge in [0.05, 0.1) is 25.2 Å². The van der Waals surface area contributed by atoms with Gasteiger partial charge < -0.3 is 18.9 Å². The first-order valence-electron chi connectivity index (χ1n) is 5.89. The van der Waals surface area contributed by atoms with Crippen molar-refractivity contribution in [1.29, 1.82) is 0 Å². The molecule has 2 bridgehead atoms. The highest BCUT2D eigenvalue weighted by atomic mass is 16.7. The fraction of sp³-hybridized carbons (Fsp3) is 0.818. The van der Waals surface area contributed by atoms with E-state index in [0.717, 1.165) is 6.42 Å². The van der Waals surface area contributed by atoms with E-state index in [0.29, 0.717) is 19.6 Å². The van der Waals surface area contributed by atoms with Gasteiger partial charge in [-0.15, -0.1) is 0 Å². The standard InChI is InChI=1S/C11H12O6/c12-8-6-5-1-2-11(17-5,7(6)9(13)16-8)10-14-3-4-15-10/h5-7,10H,1-4H2/t5-,6-,7+,11+/m1/s1. The third-order valence-electron chi connectivity index (χ3n) is 4.22. The van der Waals surface area contributed by atoms with Crippen LogP contribution in [-0.4, -0.2) is 43.1 Å². The van der Waals surface area contributed by atoms with Crippen LogP contribution in [0.3, 0.4) is 0 Å². The maximum absolute atomic E-state index is 11.8. The summed E-state index contributed by atoms with van der Waals surface area (Å²) in [6.07, 6.45) is 0.686. The molecule has 4 heterocycles. The van der Waals surface area contributed by atoms with Gasteiger partial charge in [0.15, 0.2) is 6.29 Å². The first-order chi connectivity index (χ1) is 8.22. The largest absolute Gasteiger partial charge is 0.393 e. The van der Waals surface area contributed by atoms with E-state index in [9.17, 15) is 9.59 Å². The van der Waals surface area contributed by atoms with Crippen molar-refractivity contribution in [3.8, 4) is 0 Å². The van der Waals surface area contributed by atoms with E-state index in [1.54, 1.807) is 0 Å². The highest BCUT2D eigenvalue weighted by molar-refractivity contribution is 5.98. The summed E-state index contributed by atoms with van der Waals surface area (Å²) in [5.41, 5.74) is -0.797. The van der Waals surface area contributed by atoms with Gasteiger partial charge in [-0.1, -0.05) is 0 Å². The number of hydrogen-bond donors (Lipinski definition) is 0. The van der Waals surface area contributed by atoms with Crippen molar-refractivity contribution >= 4 is 11.9 Å². The molecule has 0 aliphatic carbocycles. The van der Waals surface area contributed by atoms with Crippen molar-refractivity contribution in [3.05, 3.63) is 0 Å². The van der Waals surface area contributed by atoms with Crippen molar-refractivity contribution in [2.75, 3.05) is 13.2 Å². The summed E-state index contributed by atoms with van der Waals surface area (Å²) in [6.45, 7) is 1.00. The van der Waals surface area contributed by atoms with Crippen LogP contribution >= 0.6 is 0 Å². The molecule has 0 saturated carbocycles. The number of rotatable bonds is 1. The Bertz CT molecular complexity index is 401. The zero-order valence-corrected chi connectivity index (χ0v) is 9.09. The van der Waals surface area contributed by atoms with E-state index in [4.69, 9.17) is 18.9 Å². The SMILES string of the molecule is O=C1OC(=O)[C@@H]2[C@H]1[C@H]1CC[C@]2(C2OCCO2)O1. The Kier molecular flexibility index (Phi) is 1.80. The molecular weight excluding hydrogens is 228 g/mol. The van der Waals surface area contributed by atoms with Gasteiger partial charge in [-0.3, -0.25) is 9.59 Å². The summed E-state index contributed by atoms with van der Waals surface area (Å²) in [6, 6.07) is 0. The Hall–Kier alpha value is -0.980. The third-order valence-corrected chi connectivity index (χ3v) is 4.22. The van der Waals surface area contributed by atoms with E-state index < -0.39 is 35.7 Å². The average Bonchev–Trinajstić information content (AvgIpc) is 3.02. The van der Waals surface area contributed by atoms with Crippen molar-refractivity contribution in [3.63, 3.8) is 0 Å². The van der Waals surface area contributed by atoms with Gasteiger partial charge in [-0.2, -0.15) is 0 Å². The van der Waals surface area contributed by atoms with Crippen LogP contribution in [0.1, 0.15) is 12.8 Å². The molecule has 4 rings (SSSR count). The number of cyclic esters (lactones) is 2. The molecule has 92 valence electrons. The first-order valence-corrected chi connectivity index (χ1v) is 5.89. The van der Waals surface area contributed by atoms with Crippen LogP contribution in [0.4, 0.5) is 0 Å². The number of fused-ring (bicyclic) bond motifs is 5. The fourth-order valence-electron chi connectivity index (χ4n) is 3.59. The molecule has 4 fully saturated rings. The summed E-state index contributed by atoms with van der Waals surface area (Å²) in [7, 11) is 0. The van der Waals surface area contributed by atoms with Crippen LogP contribution in [0.5, 0.6) is 0 Å². The number of hydrogen-bond acceptors (Lipinski definition) is 6. The highest BCUT2D eigenvalue weighted by Crippen LogP contribution is 2.57. The van der Waals surface area contributed by atoms with Crippen LogP contribution in [0.2, 0.25) is 0 Å². The maximum Gasteiger partial charge on any atom is 0.320 e.